The average Bonchev–Trinajstić information content (AvgIpc) is 2.77. The van der Waals surface area contributed by atoms with E-state index in [1.54, 1.807) is 29.2 Å². The fourth-order valence-electron chi connectivity index (χ4n) is 4.15. The van der Waals surface area contributed by atoms with Crippen molar-refractivity contribution >= 4 is 22.8 Å². The monoisotopic (exact) mass is 398 g/mol. The molecule has 2 aliphatic heterocycles. The molecule has 2 amide bonds. The van der Waals surface area contributed by atoms with E-state index in [1.807, 2.05) is 4.90 Å². The van der Waals surface area contributed by atoms with E-state index >= 15 is 0 Å². The zero-order chi connectivity index (χ0) is 20.2. The molecule has 29 heavy (non-hydrogen) atoms. The molecule has 2 saturated heterocycles. The molecule has 2 aliphatic rings. The Morgan fingerprint density at radius 1 is 1.07 bits per heavy atom. The quantitative estimate of drug-likeness (QED) is 0.789. The van der Waals surface area contributed by atoms with E-state index in [4.69, 9.17) is 9.15 Å². The van der Waals surface area contributed by atoms with Crippen molar-refractivity contribution in [3.05, 3.63) is 46.3 Å². The van der Waals surface area contributed by atoms with Gasteiger partial charge in [-0.3, -0.25) is 14.4 Å². The predicted octanol–water partition coefficient (Wildman–Crippen LogP) is 2.28. The summed E-state index contributed by atoms with van der Waals surface area (Å²) in [5, 5.41) is 0.474. The Kier molecular flexibility index (Phi) is 5.94. The summed E-state index contributed by atoms with van der Waals surface area (Å²) < 4.78 is 11.0. The van der Waals surface area contributed by atoms with Gasteiger partial charge in [0.05, 0.1) is 18.6 Å². The van der Waals surface area contributed by atoms with Crippen LogP contribution in [0, 0.1) is 5.92 Å². The molecule has 0 spiro atoms. The molecular formula is C22H26N2O5. The van der Waals surface area contributed by atoms with Gasteiger partial charge in [-0.25, -0.2) is 0 Å². The first-order valence-electron chi connectivity index (χ1n) is 10.3. The number of benzene rings is 1. The van der Waals surface area contributed by atoms with E-state index in [2.05, 4.69) is 0 Å². The fourth-order valence-corrected chi connectivity index (χ4v) is 4.15. The van der Waals surface area contributed by atoms with Crippen LogP contribution in [0.4, 0.5) is 0 Å². The van der Waals surface area contributed by atoms with Gasteiger partial charge in [0.2, 0.25) is 5.91 Å². The minimum atomic E-state index is -0.253. The summed E-state index contributed by atoms with van der Waals surface area (Å²) >= 11 is 0. The molecule has 0 aliphatic carbocycles. The maximum absolute atomic E-state index is 12.9. The molecular weight excluding hydrogens is 372 g/mol. The van der Waals surface area contributed by atoms with Crippen LogP contribution in [0.2, 0.25) is 0 Å². The Morgan fingerprint density at radius 3 is 2.69 bits per heavy atom. The molecule has 0 saturated carbocycles. The summed E-state index contributed by atoms with van der Waals surface area (Å²) in [6, 6.07) is 8.23. The number of morpholine rings is 1. The third-order valence-corrected chi connectivity index (χ3v) is 5.78. The van der Waals surface area contributed by atoms with Crippen LogP contribution in [0.25, 0.3) is 11.0 Å². The van der Waals surface area contributed by atoms with Crippen molar-refractivity contribution in [3.63, 3.8) is 0 Å². The van der Waals surface area contributed by atoms with Gasteiger partial charge < -0.3 is 19.0 Å². The number of fused-ring (bicyclic) bond motifs is 1. The number of hydrogen-bond donors (Lipinski definition) is 0. The van der Waals surface area contributed by atoms with Crippen molar-refractivity contribution in [1.29, 1.82) is 0 Å². The van der Waals surface area contributed by atoms with E-state index in [9.17, 15) is 14.4 Å². The number of piperidine rings is 1. The lowest BCUT2D eigenvalue weighted by molar-refractivity contribution is -0.135. The number of rotatable bonds is 4. The van der Waals surface area contributed by atoms with Gasteiger partial charge in [0.15, 0.2) is 11.2 Å². The molecule has 2 fully saturated rings. The van der Waals surface area contributed by atoms with Crippen molar-refractivity contribution < 1.29 is 18.7 Å². The highest BCUT2D eigenvalue weighted by atomic mass is 16.5. The normalized spacial score (nSPS) is 20.1. The average molecular weight is 398 g/mol. The van der Waals surface area contributed by atoms with Crippen molar-refractivity contribution in [2.75, 3.05) is 39.4 Å². The minimum absolute atomic E-state index is 0.0822. The molecule has 1 atom stereocenters. The Labute approximate surface area is 169 Å². The molecule has 1 unspecified atom stereocenters. The lowest BCUT2D eigenvalue weighted by Gasteiger charge is -2.33. The number of ether oxygens (including phenoxy) is 1. The molecule has 4 rings (SSSR count). The van der Waals surface area contributed by atoms with Gasteiger partial charge in [0.25, 0.3) is 5.91 Å². The van der Waals surface area contributed by atoms with Crippen LogP contribution in [0.3, 0.4) is 0 Å². The van der Waals surface area contributed by atoms with Crippen LogP contribution < -0.4 is 5.43 Å². The zero-order valence-electron chi connectivity index (χ0n) is 16.5. The highest BCUT2D eigenvalue weighted by Crippen LogP contribution is 2.23. The molecule has 1 aromatic heterocycles. The highest BCUT2D eigenvalue weighted by molar-refractivity contribution is 5.93. The maximum Gasteiger partial charge on any atom is 0.289 e. The number of carbonyl (C=O) groups excluding carboxylic acids is 2. The van der Waals surface area contributed by atoms with Gasteiger partial charge in [0, 0.05) is 38.7 Å². The van der Waals surface area contributed by atoms with Crippen LogP contribution in [-0.4, -0.2) is 61.0 Å². The first-order chi connectivity index (χ1) is 14.1. The number of para-hydroxylation sites is 1. The van der Waals surface area contributed by atoms with Gasteiger partial charge in [-0.2, -0.15) is 0 Å². The number of carbonyl (C=O) groups is 2. The summed E-state index contributed by atoms with van der Waals surface area (Å²) in [7, 11) is 0. The van der Waals surface area contributed by atoms with E-state index in [1.165, 1.54) is 6.07 Å². The lowest BCUT2D eigenvalue weighted by atomic mass is 9.93. The molecule has 0 radical (unpaired) electrons. The van der Waals surface area contributed by atoms with E-state index in [0.717, 1.165) is 19.3 Å². The molecule has 1 aromatic carbocycles. The van der Waals surface area contributed by atoms with Crippen LogP contribution in [0.5, 0.6) is 0 Å². The van der Waals surface area contributed by atoms with Crippen molar-refractivity contribution in [2.24, 2.45) is 5.92 Å². The number of nitrogens with zero attached hydrogens (tertiary/aromatic N) is 2. The smallest absolute Gasteiger partial charge is 0.289 e. The Balaban J connectivity index is 1.38. The summed E-state index contributed by atoms with van der Waals surface area (Å²) in [5.41, 5.74) is 0.216. The first kappa shape index (κ1) is 19.6. The van der Waals surface area contributed by atoms with Crippen LogP contribution in [0.1, 0.15) is 36.2 Å². The number of amides is 2. The molecule has 2 aromatic rings. The minimum Gasteiger partial charge on any atom is -0.451 e. The highest BCUT2D eigenvalue weighted by Gasteiger charge is 2.27. The van der Waals surface area contributed by atoms with Crippen molar-refractivity contribution in [3.8, 4) is 0 Å². The summed E-state index contributed by atoms with van der Waals surface area (Å²) in [4.78, 5) is 41.2. The second kappa shape index (κ2) is 8.78. The zero-order valence-corrected chi connectivity index (χ0v) is 16.5. The van der Waals surface area contributed by atoms with Crippen LogP contribution in [-0.2, 0) is 9.53 Å². The van der Waals surface area contributed by atoms with Gasteiger partial charge >= 0.3 is 0 Å². The van der Waals surface area contributed by atoms with E-state index in [0.29, 0.717) is 56.8 Å². The summed E-state index contributed by atoms with van der Waals surface area (Å²) in [5.74, 6) is 0.276. The lowest BCUT2D eigenvalue weighted by Crippen LogP contribution is -2.42. The molecule has 154 valence electrons. The number of hydrogen-bond acceptors (Lipinski definition) is 5. The Morgan fingerprint density at radius 2 is 1.86 bits per heavy atom. The first-order valence-corrected chi connectivity index (χ1v) is 10.3. The standard InChI is InChI=1S/C22H26N2O5/c25-18-14-20(29-19-6-2-1-5-17(18)19)22(27)24-9-3-4-16(15-24)7-8-21(26)23-10-12-28-13-11-23/h1-2,5-6,14,16H,3-4,7-13,15H2. The molecule has 7 nitrogen and oxygen atoms in total. The SMILES string of the molecule is O=C(CCC1CCCN(C(=O)c2cc(=O)c3ccccc3o2)C1)N1CCOCC1. The summed E-state index contributed by atoms with van der Waals surface area (Å²) in [6.45, 7) is 3.77. The van der Waals surface area contributed by atoms with Crippen LogP contribution in [0.15, 0.2) is 39.5 Å². The molecule has 3 heterocycles. The van der Waals surface area contributed by atoms with Gasteiger partial charge in [-0.05, 0) is 37.3 Å². The summed E-state index contributed by atoms with van der Waals surface area (Å²) in [6.07, 6.45) is 3.15. The van der Waals surface area contributed by atoms with Gasteiger partial charge in [-0.15, -0.1) is 0 Å². The second-order valence-electron chi connectivity index (χ2n) is 7.76. The Bertz CT molecular complexity index is 948. The number of likely N-dealkylation sites (tertiary alicyclic amines) is 1. The van der Waals surface area contributed by atoms with Crippen molar-refractivity contribution in [2.45, 2.75) is 25.7 Å². The third-order valence-electron chi connectivity index (χ3n) is 5.78. The maximum atomic E-state index is 12.9. The van der Waals surface area contributed by atoms with Crippen molar-refractivity contribution in [1.82, 2.24) is 9.80 Å². The topological polar surface area (TPSA) is 80.1 Å². The molecule has 0 bridgehead atoms. The third kappa shape index (κ3) is 4.50. The van der Waals surface area contributed by atoms with E-state index in [-0.39, 0.29) is 28.9 Å². The van der Waals surface area contributed by atoms with Gasteiger partial charge in [-0.1, -0.05) is 12.1 Å². The largest absolute Gasteiger partial charge is 0.451 e. The molecule has 0 N–H and O–H groups in total. The Hall–Kier alpha value is -2.67. The fraction of sp³-hybridized carbons (Fsp3) is 0.500. The predicted molar refractivity (Wildman–Crippen MR) is 108 cm³/mol. The van der Waals surface area contributed by atoms with Crippen LogP contribution >= 0.6 is 0 Å². The second-order valence-corrected chi connectivity index (χ2v) is 7.76. The van der Waals surface area contributed by atoms with E-state index < -0.39 is 0 Å². The van der Waals surface area contributed by atoms with Gasteiger partial charge in [0.1, 0.15) is 5.58 Å². The molecule has 7 heteroatoms.